The molecule has 0 spiro atoms. The van der Waals surface area contributed by atoms with Crippen LogP contribution in [0.25, 0.3) is 11.0 Å². The number of aromatic carboxylic acids is 1. The zero-order chi connectivity index (χ0) is 21.0. The molecule has 29 heavy (non-hydrogen) atoms. The highest BCUT2D eigenvalue weighted by Gasteiger charge is 2.30. The number of carboxylic acid groups (broad SMARTS) is 1. The fourth-order valence-corrected chi connectivity index (χ4v) is 4.38. The van der Waals surface area contributed by atoms with Gasteiger partial charge in [0.1, 0.15) is 0 Å². The summed E-state index contributed by atoms with van der Waals surface area (Å²) in [5.74, 6) is -0.981. The van der Waals surface area contributed by atoms with Gasteiger partial charge in [-0.05, 0) is 30.2 Å². The Kier molecular flexibility index (Phi) is 6.23. The summed E-state index contributed by atoms with van der Waals surface area (Å²) in [6.07, 6.45) is 3.55. The Morgan fingerprint density at radius 3 is 2.59 bits per heavy atom. The van der Waals surface area contributed by atoms with Gasteiger partial charge in [-0.3, -0.25) is 5.10 Å². The van der Waals surface area contributed by atoms with Gasteiger partial charge >= 0.3 is 5.97 Å². The number of nitrogens with two attached hydrogens (primary N) is 2. The lowest BCUT2D eigenvalue weighted by Crippen LogP contribution is -2.31. The normalized spacial score (nSPS) is 17.1. The molecule has 4 rings (SSSR count). The molecule has 11 heteroatoms. The number of pyridine rings is 1. The molecule has 1 fully saturated rings. The highest BCUT2D eigenvalue weighted by Crippen LogP contribution is 2.20. The van der Waals surface area contributed by atoms with E-state index in [-0.39, 0.29) is 11.6 Å². The van der Waals surface area contributed by atoms with E-state index in [1.54, 1.807) is 24.3 Å². The van der Waals surface area contributed by atoms with Crippen molar-refractivity contribution in [2.75, 3.05) is 13.1 Å². The lowest BCUT2D eigenvalue weighted by molar-refractivity contribution is 0.0696. The molecule has 1 aliphatic rings. The standard InChI is InChI=1S/C11H17N3O2S.C7H5N3O2/c12-7-9-1-3-11(4-2-9)17(15,16)14-6-5-10(13)8-14;11-7(12)5-1-4-3-9-10-6(4)8-2-5/h1-4,10H,5-8,12-13H2;1-3H,(H,11,12)(H,8,9,10). The number of nitrogens with zero attached hydrogens (tertiary/aromatic N) is 3. The van der Waals surface area contributed by atoms with Crippen LogP contribution in [0, 0.1) is 0 Å². The molecular weight excluding hydrogens is 396 g/mol. The predicted octanol–water partition coefficient (Wildman–Crippen LogP) is 0.523. The van der Waals surface area contributed by atoms with Crippen molar-refractivity contribution in [3.63, 3.8) is 0 Å². The van der Waals surface area contributed by atoms with E-state index < -0.39 is 16.0 Å². The first-order valence-corrected chi connectivity index (χ1v) is 10.3. The van der Waals surface area contributed by atoms with Gasteiger partial charge in [-0.15, -0.1) is 0 Å². The van der Waals surface area contributed by atoms with Gasteiger partial charge in [0.25, 0.3) is 0 Å². The second-order valence-corrected chi connectivity index (χ2v) is 8.53. The van der Waals surface area contributed by atoms with Crippen LogP contribution in [0.4, 0.5) is 0 Å². The molecule has 1 saturated heterocycles. The number of hydrogen-bond acceptors (Lipinski definition) is 7. The Labute approximate surface area is 167 Å². The second kappa shape index (κ2) is 8.66. The van der Waals surface area contributed by atoms with Crippen LogP contribution in [0.2, 0.25) is 0 Å². The highest BCUT2D eigenvalue weighted by molar-refractivity contribution is 7.89. The number of benzene rings is 1. The molecule has 0 radical (unpaired) electrons. The van der Waals surface area contributed by atoms with Crippen LogP contribution in [-0.4, -0.2) is 58.1 Å². The number of fused-ring (bicyclic) bond motifs is 1. The maximum Gasteiger partial charge on any atom is 0.337 e. The van der Waals surface area contributed by atoms with Crippen molar-refractivity contribution in [3.8, 4) is 0 Å². The molecule has 154 valence electrons. The van der Waals surface area contributed by atoms with Crippen LogP contribution < -0.4 is 11.5 Å². The van der Waals surface area contributed by atoms with Crippen molar-refractivity contribution in [3.05, 3.63) is 53.9 Å². The molecule has 0 bridgehead atoms. The Hall–Kier alpha value is -2.86. The maximum atomic E-state index is 12.2. The van der Waals surface area contributed by atoms with E-state index in [2.05, 4.69) is 15.2 Å². The van der Waals surface area contributed by atoms with Crippen molar-refractivity contribution in [2.24, 2.45) is 11.5 Å². The second-order valence-electron chi connectivity index (χ2n) is 6.60. The first-order valence-electron chi connectivity index (χ1n) is 8.88. The number of carboxylic acids is 1. The van der Waals surface area contributed by atoms with E-state index in [0.717, 1.165) is 12.0 Å². The minimum atomic E-state index is -3.38. The van der Waals surface area contributed by atoms with Gasteiger partial charge in [-0.2, -0.15) is 9.40 Å². The molecule has 10 nitrogen and oxygen atoms in total. The molecule has 1 aliphatic heterocycles. The van der Waals surface area contributed by atoms with Crippen molar-refractivity contribution in [1.29, 1.82) is 0 Å². The number of carbonyl (C=O) groups is 1. The largest absolute Gasteiger partial charge is 0.478 e. The van der Waals surface area contributed by atoms with Crippen LogP contribution in [0.15, 0.2) is 47.6 Å². The number of aromatic amines is 1. The average molecular weight is 418 g/mol. The molecule has 3 heterocycles. The van der Waals surface area contributed by atoms with E-state index >= 15 is 0 Å². The number of H-pyrrole nitrogens is 1. The third-order valence-electron chi connectivity index (χ3n) is 4.52. The van der Waals surface area contributed by atoms with Gasteiger partial charge in [-0.1, -0.05) is 12.1 Å². The lowest BCUT2D eigenvalue weighted by atomic mass is 10.2. The van der Waals surface area contributed by atoms with Gasteiger partial charge in [0.05, 0.1) is 16.7 Å². The summed E-state index contributed by atoms with van der Waals surface area (Å²) in [6, 6.07) is 8.15. The summed E-state index contributed by atoms with van der Waals surface area (Å²) in [6.45, 7) is 1.32. The lowest BCUT2D eigenvalue weighted by Gasteiger charge is -2.16. The molecule has 0 aliphatic carbocycles. The Balaban J connectivity index is 0.000000176. The number of sulfonamides is 1. The third-order valence-corrected chi connectivity index (χ3v) is 6.40. The summed E-state index contributed by atoms with van der Waals surface area (Å²) in [4.78, 5) is 14.7. The minimum absolute atomic E-state index is 0.0481. The van der Waals surface area contributed by atoms with Gasteiger partial charge in [0.2, 0.25) is 10.0 Å². The van der Waals surface area contributed by atoms with E-state index in [1.165, 1.54) is 22.8 Å². The highest BCUT2D eigenvalue weighted by atomic mass is 32.2. The number of nitrogens with one attached hydrogen (secondary N) is 1. The first kappa shape index (κ1) is 20.9. The number of rotatable bonds is 4. The Bertz CT molecular complexity index is 1100. The first-order chi connectivity index (χ1) is 13.8. The maximum absolute atomic E-state index is 12.2. The van der Waals surface area contributed by atoms with Crippen molar-refractivity contribution in [1.82, 2.24) is 19.5 Å². The van der Waals surface area contributed by atoms with E-state index in [4.69, 9.17) is 16.6 Å². The average Bonchev–Trinajstić information content (AvgIpc) is 3.37. The summed E-state index contributed by atoms with van der Waals surface area (Å²) < 4.78 is 25.9. The predicted molar refractivity (Wildman–Crippen MR) is 107 cm³/mol. The van der Waals surface area contributed by atoms with Gasteiger partial charge in [0, 0.05) is 37.3 Å². The van der Waals surface area contributed by atoms with Gasteiger partial charge in [-0.25, -0.2) is 18.2 Å². The van der Waals surface area contributed by atoms with Crippen molar-refractivity contribution in [2.45, 2.75) is 23.9 Å². The van der Waals surface area contributed by atoms with Gasteiger partial charge in [0.15, 0.2) is 5.65 Å². The van der Waals surface area contributed by atoms with E-state index in [0.29, 0.717) is 35.6 Å². The van der Waals surface area contributed by atoms with Crippen molar-refractivity contribution >= 4 is 27.0 Å². The van der Waals surface area contributed by atoms with Crippen LogP contribution in [0.5, 0.6) is 0 Å². The minimum Gasteiger partial charge on any atom is -0.478 e. The zero-order valence-corrected chi connectivity index (χ0v) is 16.3. The molecule has 1 atom stereocenters. The van der Waals surface area contributed by atoms with E-state index in [9.17, 15) is 13.2 Å². The van der Waals surface area contributed by atoms with Crippen LogP contribution in [0.1, 0.15) is 22.3 Å². The topological polar surface area (TPSA) is 168 Å². The van der Waals surface area contributed by atoms with E-state index in [1.807, 2.05) is 0 Å². The molecule has 6 N–H and O–H groups in total. The molecule has 1 unspecified atom stereocenters. The fourth-order valence-electron chi connectivity index (χ4n) is 2.87. The summed E-state index contributed by atoms with van der Waals surface area (Å²) >= 11 is 0. The SMILES string of the molecule is NCc1ccc(S(=O)(=O)N2CCC(N)C2)cc1.O=C(O)c1cnc2[nH]ncc2c1. The molecule has 3 aromatic rings. The third kappa shape index (κ3) is 4.77. The number of hydrogen-bond donors (Lipinski definition) is 4. The van der Waals surface area contributed by atoms with Gasteiger partial charge < -0.3 is 16.6 Å². The Morgan fingerprint density at radius 1 is 1.28 bits per heavy atom. The van der Waals surface area contributed by atoms with Crippen LogP contribution >= 0.6 is 0 Å². The van der Waals surface area contributed by atoms with Crippen LogP contribution in [0.3, 0.4) is 0 Å². The molecule has 0 saturated carbocycles. The summed E-state index contributed by atoms with van der Waals surface area (Å²) in [5.41, 5.74) is 12.9. The quantitative estimate of drug-likeness (QED) is 0.475. The summed E-state index contributed by atoms with van der Waals surface area (Å²) in [7, 11) is -3.38. The zero-order valence-electron chi connectivity index (χ0n) is 15.5. The molecular formula is C18H22N6O4S. The molecule has 2 aromatic heterocycles. The summed E-state index contributed by atoms with van der Waals surface area (Å²) in [5, 5.41) is 15.7. The smallest absolute Gasteiger partial charge is 0.337 e. The fraction of sp³-hybridized carbons (Fsp3) is 0.278. The number of aromatic nitrogens is 3. The van der Waals surface area contributed by atoms with Crippen LogP contribution in [-0.2, 0) is 16.6 Å². The monoisotopic (exact) mass is 418 g/mol. The molecule has 0 amide bonds. The molecule has 1 aromatic carbocycles. The Morgan fingerprint density at radius 2 is 2.00 bits per heavy atom. The van der Waals surface area contributed by atoms with Crippen molar-refractivity contribution < 1.29 is 18.3 Å².